The van der Waals surface area contributed by atoms with Crippen LogP contribution in [0.1, 0.15) is 30.5 Å². The first-order chi connectivity index (χ1) is 19.0. The lowest BCUT2D eigenvalue weighted by Crippen LogP contribution is -2.45. The molecule has 4 rings (SSSR count). The number of ether oxygens (including phenoxy) is 1. The first kappa shape index (κ1) is 27.4. The summed E-state index contributed by atoms with van der Waals surface area (Å²) in [6.07, 6.45) is 1.89. The minimum absolute atomic E-state index is 0.330. The number of nitrogens with one attached hydrogen (secondary N) is 3. The zero-order valence-corrected chi connectivity index (χ0v) is 22.0. The van der Waals surface area contributed by atoms with Crippen molar-refractivity contribution in [1.82, 2.24) is 15.1 Å². The Morgan fingerprint density at radius 2 is 1.62 bits per heavy atom. The topological polar surface area (TPSA) is 123 Å². The van der Waals surface area contributed by atoms with Crippen molar-refractivity contribution in [2.24, 2.45) is 5.73 Å². The summed E-state index contributed by atoms with van der Waals surface area (Å²) in [5.74, 6) is 0.888. The Kier molecular flexibility index (Phi) is 9.68. The fourth-order valence-electron chi connectivity index (χ4n) is 4.03. The Morgan fingerprint density at radius 1 is 0.923 bits per heavy atom. The molecule has 9 heteroatoms. The van der Waals surface area contributed by atoms with Crippen molar-refractivity contribution in [1.29, 1.82) is 0 Å². The van der Waals surface area contributed by atoms with Crippen LogP contribution < -0.4 is 26.4 Å². The number of urea groups is 1. The molecule has 0 radical (unpaired) electrons. The summed E-state index contributed by atoms with van der Waals surface area (Å²) < 4.78 is 7.48. The Bertz CT molecular complexity index is 1340. The van der Waals surface area contributed by atoms with Crippen LogP contribution in [0.3, 0.4) is 0 Å². The summed E-state index contributed by atoms with van der Waals surface area (Å²) in [4.78, 5) is 26.1. The average Bonchev–Trinajstić information content (AvgIpc) is 3.32. The van der Waals surface area contributed by atoms with E-state index in [0.717, 1.165) is 23.4 Å². The summed E-state index contributed by atoms with van der Waals surface area (Å²) >= 11 is 0. The van der Waals surface area contributed by atoms with E-state index in [1.165, 1.54) is 0 Å². The van der Waals surface area contributed by atoms with Gasteiger partial charge in [-0.3, -0.25) is 4.79 Å². The summed E-state index contributed by atoms with van der Waals surface area (Å²) in [5.41, 5.74) is 8.88. The van der Waals surface area contributed by atoms with E-state index >= 15 is 0 Å². The highest BCUT2D eigenvalue weighted by atomic mass is 16.5. The van der Waals surface area contributed by atoms with Crippen molar-refractivity contribution < 1.29 is 14.3 Å². The number of hydrogen-bond acceptors (Lipinski definition) is 5. The summed E-state index contributed by atoms with van der Waals surface area (Å²) in [7, 11) is 0. The largest absolute Gasteiger partial charge is 0.489 e. The van der Waals surface area contributed by atoms with Crippen LogP contribution in [0.4, 0.5) is 16.3 Å². The van der Waals surface area contributed by atoms with Crippen molar-refractivity contribution in [3.8, 4) is 11.4 Å². The molecule has 0 saturated heterocycles. The molecule has 3 amide bonds. The number of aromatic nitrogens is 2. The lowest BCUT2D eigenvalue weighted by atomic mass is 10.1. The summed E-state index contributed by atoms with van der Waals surface area (Å²) in [6, 6.07) is 27.1. The smallest absolute Gasteiger partial charge is 0.319 e. The van der Waals surface area contributed by atoms with Gasteiger partial charge in [0, 0.05) is 11.8 Å². The molecule has 0 aliphatic heterocycles. The predicted molar refractivity (Wildman–Crippen MR) is 153 cm³/mol. The number of carbonyl (C=O) groups is 2. The number of hydrogen-bond donors (Lipinski definition) is 4. The average molecular weight is 527 g/mol. The van der Waals surface area contributed by atoms with E-state index in [4.69, 9.17) is 10.5 Å². The first-order valence-electron chi connectivity index (χ1n) is 13.0. The van der Waals surface area contributed by atoms with Crippen molar-refractivity contribution in [2.45, 2.75) is 38.8 Å². The van der Waals surface area contributed by atoms with Crippen molar-refractivity contribution >= 4 is 23.4 Å². The Hall–Kier alpha value is -4.63. The first-order valence-corrected chi connectivity index (χ1v) is 13.0. The van der Waals surface area contributed by atoms with Gasteiger partial charge in [0.25, 0.3) is 0 Å². The highest BCUT2D eigenvalue weighted by Gasteiger charge is 2.22. The van der Waals surface area contributed by atoms with Gasteiger partial charge in [0.15, 0.2) is 0 Å². The second-order valence-electron chi connectivity index (χ2n) is 9.14. The predicted octanol–water partition coefficient (Wildman–Crippen LogP) is 5.02. The van der Waals surface area contributed by atoms with E-state index in [-0.39, 0.29) is 5.91 Å². The highest BCUT2D eigenvalue weighted by Crippen LogP contribution is 2.19. The molecule has 0 saturated carbocycles. The number of anilines is 2. The fraction of sp³-hybridized carbons (Fsp3) is 0.233. The second-order valence-corrected chi connectivity index (χ2v) is 9.14. The maximum absolute atomic E-state index is 13.3. The van der Waals surface area contributed by atoms with Gasteiger partial charge >= 0.3 is 6.03 Å². The van der Waals surface area contributed by atoms with E-state index in [1.807, 2.05) is 67.6 Å². The van der Waals surface area contributed by atoms with Crippen LogP contribution in [0.5, 0.6) is 5.75 Å². The van der Waals surface area contributed by atoms with E-state index in [2.05, 4.69) is 21.0 Å². The number of amides is 3. The van der Waals surface area contributed by atoms with Gasteiger partial charge in [0.1, 0.15) is 24.2 Å². The van der Waals surface area contributed by atoms with Crippen LogP contribution in [-0.2, 0) is 11.4 Å². The third-order valence-electron chi connectivity index (χ3n) is 6.01. The summed E-state index contributed by atoms with van der Waals surface area (Å²) in [6.45, 7) is 2.83. The SMILES string of the molecule is Cc1cc(NC(=O)[C@H](CCCCN)NC(=O)Nc2ccc(OCc3ccccc3)cc2)n(-c2ccccc2)n1. The van der Waals surface area contributed by atoms with Gasteiger partial charge < -0.3 is 26.4 Å². The molecule has 4 aromatic rings. The molecule has 0 unspecified atom stereocenters. The van der Waals surface area contributed by atoms with E-state index in [0.29, 0.717) is 43.2 Å². The zero-order valence-electron chi connectivity index (χ0n) is 22.0. The van der Waals surface area contributed by atoms with Crippen molar-refractivity contribution in [3.05, 3.63) is 102 Å². The number of nitrogens with zero attached hydrogens (tertiary/aromatic N) is 2. The number of carbonyl (C=O) groups excluding carboxylic acids is 2. The normalized spacial score (nSPS) is 11.4. The third-order valence-corrected chi connectivity index (χ3v) is 6.01. The highest BCUT2D eigenvalue weighted by molar-refractivity contribution is 5.99. The quantitative estimate of drug-likeness (QED) is 0.193. The van der Waals surface area contributed by atoms with Gasteiger partial charge in [-0.05, 0) is 74.7 Å². The fourth-order valence-corrected chi connectivity index (χ4v) is 4.03. The molecule has 0 aliphatic carbocycles. The molecule has 0 spiro atoms. The lowest BCUT2D eigenvalue weighted by Gasteiger charge is -2.19. The molecule has 202 valence electrons. The van der Waals surface area contributed by atoms with Crippen molar-refractivity contribution in [2.75, 3.05) is 17.2 Å². The zero-order chi connectivity index (χ0) is 27.5. The molecule has 1 aromatic heterocycles. The molecule has 0 aliphatic rings. The maximum atomic E-state index is 13.3. The number of unbranched alkanes of at least 4 members (excludes halogenated alkanes) is 1. The Morgan fingerprint density at radius 3 is 2.31 bits per heavy atom. The van der Waals surface area contributed by atoms with Gasteiger partial charge in [-0.25, -0.2) is 9.48 Å². The molecule has 0 fully saturated rings. The van der Waals surface area contributed by atoms with Gasteiger partial charge in [0.2, 0.25) is 5.91 Å². The van der Waals surface area contributed by atoms with Gasteiger partial charge in [0.05, 0.1) is 11.4 Å². The Balaban J connectivity index is 1.37. The van der Waals surface area contributed by atoms with Gasteiger partial charge in [-0.1, -0.05) is 48.5 Å². The summed E-state index contributed by atoms with van der Waals surface area (Å²) in [5, 5.41) is 13.0. The Labute approximate surface area is 228 Å². The molecular formula is C30H34N6O3. The third kappa shape index (κ3) is 8.18. The van der Waals surface area contributed by atoms with Crippen LogP contribution in [0.2, 0.25) is 0 Å². The molecule has 1 atom stereocenters. The lowest BCUT2D eigenvalue weighted by molar-refractivity contribution is -0.118. The molecular weight excluding hydrogens is 492 g/mol. The molecule has 1 heterocycles. The number of rotatable bonds is 12. The second kappa shape index (κ2) is 13.8. The molecule has 39 heavy (non-hydrogen) atoms. The minimum Gasteiger partial charge on any atom is -0.489 e. The van der Waals surface area contributed by atoms with Gasteiger partial charge in [-0.15, -0.1) is 0 Å². The van der Waals surface area contributed by atoms with Crippen LogP contribution >= 0.6 is 0 Å². The number of benzene rings is 3. The number of nitrogens with two attached hydrogens (primary N) is 1. The molecule has 5 N–H and O–H groups in total. The monoisotopic (exact) mass is 526 g/mol. The van der Waals surface area contributed by atoms with Gasteiger partial charge in [-0.2, -0.15) is 5.10 Å². The molecule has 0 bridgehead atoms. The maximum Gasteiger partial charge on any atom is 0.319 e. The van der Waals surface area contributed by atoms with Crippen molar-refractivity contribution in [3.63, 3.8) is 0 Å². The van der Waals surface area contributed by atoms with Crippen LogP contribution in [0.25, 0.3) is 5.69 Å². The van der Waals surface area contributed by atoms with E-state index in [1.54, 1.807) is 35.0 Å². The standard InChI is InChI=1S/C30H34N6O3/c1-22-20-28(36(35-22)25-12-6-3-7-13-25)34-29(37)27(14-8-9-19-31)33-30(38)32-24-15-17-26(18-16-24)39-21-23-10-4-2-5-11-23/h2-7,10-13,15-18,20,27H,8-9,14,19,21,31H2,1H3,(H,34,37)(H2,32,33,38)/t27-/m0/s1. The number of aryl methyl sites for hydroxylation is 1. The number of para-hydroxylation sites is 1. The van der Waals surface area contributed by atoms with Crippen LogP contribution in [0.15, 0.2) is 91.0 Å². The molecule has 9 nitrogen and oxygen atoms in total. The van der Waals surface area contributed by atoms with E-state index < -0.39 is 12.1 Å². The molecule has 3 aromatic carbocycles. The van der Waals surface area contributed by atoms with Crippen LogP contribution in [-0.4, -0.2) is 34.3 Å². The van der Waals surface area contributed by atoms with Crippen LogP contribution in [0, 0.1) is 6.92 Å². The minimum atomic E-state index is -0.760. The van der Waals surface area contributed by atoms with E-state index in [9.17, 15) is 9.59 Å².